The van der Waals surface area contributed by atoms with Crippen LogP contribution >= 0.6 is 0 Å². The van der Waals surface area contributed by atoms with Gasteiger partial charge in [0.2, 0.25) is 10.0 Å². The van der Waals surface area contributed by atoms with E-state index in [-0.39, 0.29) is 16.8 Å². The Balaban J connectivity index is 2.68. The van der Waals surface area contributed by atoms with E-state index in [0.717, 1.165) is 19.3 Å². The molecule has 0 aliphatic rings. The molecule has 3 N–H and O–H groups in total. The molecule has 0 radical (unpaired) electrons. The van der Waals surface area contributed by atoms with Crippen molar-refractivity contribution in [3.8, 4) is 0 Å². The van der Waals surface area contributed by atoms with E-state index in [0.29, 0.717) is 5.56 Å². The van der Waals surface area contributed by atoms with E-state index in [1.165, 1.54) is 24.3 Å². The van der Waals surface area contributed by atoms with Crippen molar-refractivity contribution in [3.63, 3.8) is 0 Å². The minimum Gasteiger partial charge on any atom is -0.350 e. The first-order valence-corrected chi connectivity index (χ1v) is 7.83. The second kappa shape index (κ2) is 6.68. The molecule has 0 heterocycles. The average molecular weight is 284 g/mol. The van der Waals surface area contributed by atoms with Crippen molar-refractivity contribution in [2.75, 3.05) is 0 Å². The van der Waals surface area contributed by atoms with Crippen molar-refractivity contribution in [1.82, 2.24) is 5.32 Å². The summed E-state index contributed by atoms with van der Waals surface area (Å²) in [6.07, 6.45) is 3.08. The number of amides is 1. The van der Waals surface area contributed by atoms with Gasteiger partial charge in [0.15, 0.2) is 0 Å². The van der Waals surface area contributed by atoms with Gasteiger partial charge < -0.3 is 5.32 Å². The molecule has 1 rings (SSSR count). The second-order valence-electron chi connectivity index (χ2n) is 4.59. The van der Waals surface area contributed by atoms with E-state index in [2.05, 4.69) is 12.2 Å². The third kappa shape index (κ3) is 5.00. The molecule has 0 spiro atoms. The Morgan fingerprint density at radius 3 is 2.37 bits per heavy atom. The fraction of sp³-hybridized carbons (Fsp3) is 0.462. The molecule has 1 aromatic carbocycles. The Hall–Kier alpha value is -1.40. The number of carbonyl (C=O) groups is 1. The van der Waals surface area contributed by atoms with Crippen LogP contribution in [0, 0.1) is 0 Å². The van der Waals surface area contributed by atoms with Gasteiger partial charge in [-0.05, 0) is 37.6 Å². The molecule has 0 aliphatic carbocycles. The normalized spacial score (nSPS) is 13.0. The summed E-state index contributed by atoms with van der Waals surface area (Å²) in [6.45, 7) is 4.05. The molecular weight excluding hydrogens is 264 g/mol. The third-order valence-electron chi connectivity index (χ3n) is 2.81. The number of carbonyl (C=O) groups excluding carboxylic acids is 1. The summed E-state index contributed by atoms with van der Waals surface area (Å²) in [5.74, 6) is -0.204. The van der Waals surface area contributed by atoms with Crippen LogP contribution in [0.25, 0.3) is 0 Å². The molecular formula is C13H20N2O3S. The van der Waals surface area contributed by atoms with Crippen LogP contribution < -0.4 is 10.5 Å². The zero-order chi connectivity index (χ0) is 14.5. The first kappa shape index (κ1) is 15.7. The van der Waals surface area contributed by atoms with Crippen LogP contribution in [0.5, 0.6) is 0 Å². The van der Waals surface area contributed by atoms with Crippen molar-refractivity contribution < 1.29 is 13.2 Å². The Labute approximate surface area is 114 Å². The van der Waals surface area contributed by atoms with Gasteiger partial charge in [-0.2, -0.15) is 0 Å². The van der Waals surface area contributed by atoms with Crippen LogP contribution in [0.15, 0.2) is 29.2 Å². The van der Waals surface area contributed by atoms with Gasteiger partial charge in [-0.15, -0.1) is 0 Å². The molecule has 6 heteroatoms. The van der Waals surface area contributed by atoms with E-state index in [4.69, 9.17) is 5.14 Å². The predicted molar refractivity (Wildman–Crippen MR) is 74.3 cm³/mol. The number of rotatable bonds is 6. The topological polar surface area (TPSA) is 89.3 Å². The summed E-state index contributed by atoms with van der Waals surface area (Å²) < 4.78 is 22.2. The molecule has 0 bridgehead atoms. The summed E-state index contributed by atoms with van der Waals surface area (Å²) in [5.41, 5.74) is 0.427. The quantitative estimate of drug-likeness (QED) is 0.832. The molecule has 0 aromatic heterocycles. The molecule has 0 saturated carbocycles. The second-order valence-corrected chi connectivity index (χ2v) is 6.15. The average Bonchev–Trinajstić information content (AvgIpc) is 2.35. The maximum Gasteiger partial charge on any atom is 0.251 e. The third-order valence-corrected chi connectivity index (χ3v) is 3.74. The minimum atomic E-state index is -3.71. The highest BCUT2D eigenvalue weighted by molar-refractivity contribution is 7.89. The summed E-state index contributed by atoms with van der Waals surface area (Å²) >= 11 is 0. The summed E-state index contributed by atoms with van der Waals surface area (Å²) in [6, 6.07) is 5.69. The molecule has 1 atom stereocenters. The van der Waals surface area contributed by atoms with Crippen LogP contribution in [0.1, 0.15) is 43.5 Å². The number of hydrogen-bond acceptors (Lipinski definition) is 3. The van der Waals surface area contributed by atoms with Crippen molar-refractivity contribution in [1.29, 1.82) is 0 Å². The van der Waals surface area contributed by atoms with Crippen LogP contribution in [-0.4, -0.2) is 20.4 Å². The standard InChI is InChI=1S/C13H20N2O3S/c1-3-4-5-10(2)15-13(16)11-6-8-12(9-7-11)19(14,17)18/h6-10H,3-5H2,1-2H3,(H,15,16)(H2,14,17,18). The molecule has 1 unspecified atom stereocenters. The maximum absolute atomic E-state index is 11.9. The lowest BCUT2D eigenvalue weighted by molar-refractivity contribution is 0.0938. The number of benzene rings is 1. The van der Waals surface area contributed by atoms with Gasteiger partial charge in [0.25, 0.3) is 5.91 Å². The molecule has 0 aliphatic heterocycles. The fourth-order valence-electron chi connectivity index (χ4n) is 1.69. The lowest BCUT2D eigenvalue weighted by Crippen LogP contribution is -2.32. The van der Waals surface area contributed by atoms with Gasteiger partial charge in [0.1, 0.15) is 0 Å². The van der Waals surface area contributed by atoms with E-state index in [1.807, 2.05) is 6.92 Å². The summed E-state index contributed by atoms with van der Waals surface area (Å²) in [4.78, 5) is 11.9. The van der Waals surface area contributed by atoms with Crippen molar-refractivity contribution >= 4 is 15.9 Å². The highest BCUT2D eigenvalue weighted by Crippen LogP contribution is 2.09. The smallest absolute Gasteiger partial charge is 0.251 e. The van der Waals surface area contributed by atoms with Gasteiger partial charge in [-0.3, -0.25) is 4.79 Å². The monoisotopic (exact) mass is 284 g/mol. The van der Waals surface area contributed by atoms with Crippen molar-refractivity contribution in [2.45, 2.75) is 44.0 Å². The molecule has 0 fully saturated rings. The summed E-state index contributed by atoms with van der Waals surface area (Å²) in [7, 11) is -3.71. The van der Waals surface area contributed by atoms with Gasteiger partial charge in [0, 0.05) is 11.6 Å². The zero-order valence-electron chi connectivity index (χ0n) is 11.2. The molecule has 1 aromatic rings. The summed E-state index contributed by atoms with van der Waals surface area (Å²) in [5, 5.41) is 7.86. The Bertz CT molecular complexity index is 523. The lowest BCUT2D eigenvalue weighted by atomic mass is 10.1. The number of hydrogen-bond donors (Lipinski definition) is 2. The van der Waals surface area contributed by atoms with E-state index < -0.39 is 10.0 Å². The van der Waals surface area contributed by atoms with Crippen molar-refractivity contribution in [2.24, 2.45) is 5.14 Å². The predicted octanol–water partition coefficient (Wildman–Crippen LogP) is 1.64. The molecule has 106 valence electrons. The van der Waals surface area contributed by atoms with Crippen LogP contribution in [0.2, 0.25) is 0 Å². The van der Waals surface area contributed by atoms with Gasteiger partial charge in [0.05, 0.1) is 4.90 Å². The first-order chi connectivity index (χ1) is 8.84. The fourth-order valence-corrected chi connectivity index (χ4v) is 2.20. The SMILES string of the molecule is CCCCC(C)NC(=O)c1ccc(S(N)(=O)=O)cc1. The van der Waals surface area contributed by atoms with Gasteiger partial charge in [-0.25, -0.2) is 13.6 Å². The number of nitrogens with two attached hydrogens (primary N) is 1. The van der Waals surface area contributed by atoms with Crippen LogP contribution in [0.3, 0.4) is 0 Å². The van der Waals surface area contributed by atoms with E-state index in [9.17, 15) is 13.2 Å². The van der Waals surface area contributed by atoms with Gasteiger partial charge in [-0.1, -0.05) is 19.8 Å². The Kier molecular flexibility index (Phi) is 5.50. The highest BCUT2D eigenvalue weighted by Gasteiger charge is 2.12. The molecule has 0 saturated heterocycles. The molecule has 19 heavy (non-hydrogen) atoms. The molecule has 1 amide bonds. The molecule has 5 nitrogen and oxygen atoms in total. The maximum atomic E-state index is 11.9. The zero-order valence-corrected chi connectivity index (χ0v) is 12.0. The van der Waals surface area contributed by atoms with E-state index in [1.54, 1.807) is 0 Å². The van der Waals surface area contributed by atoms with Crippen LogP contribution in [-0.2, 0) is 10.0 Å². The first-order valence-electron chi connectivity index (χ1n) is 6.28. The Morgan fingerprint density at radius 1 is 1.32 bits per heavy atom. The number of primary sulfonamides is 1. The Morgan fingerprint density at radius 2 is 1.89 bits per heavy atom. The number of sulfonamides is 1. The van der Waals surface area contributed by atoms with Gasteiger partial charge >= 0.3 is 0 Å². The highest BCUT2D eigenvalue weighted by atomic mass is 32.2. The van der Waals surface area contributed by atoms with E-state index >= 15 is 0 Å². The largest absolute Gasteiger partial charge is 0.350 e. The van der Waals surface area contributed by atoms with Crippen LogP contribution in [0.4, 0.5) is 0 Å². The number of unbranched alkanes of at least 4 members (excludes halogenated alkanes) is 1. The number of nitrogens with one attached hydrogen (secondary N) is 1. The lowest BCUT2D eigenvalue weighted by Gasteiger charge is -2.13. The minimum absolute atomic E-state index is 0.00285. The van der Waals surface area contributed by atoms with Crippen molar-refractivity contribution in [3.05, 3.63) is 29.8 Å².